The van der Waals surface area contributed by atoms with E-state index in [1.807, 2.05) is 43.3 Å². The predicted octanol–water partition coefficient (Wildman–Crippen LogP) is 2.43. The Labute approximate surface area is 141 Å². The van der Waals surface area contributed by atoms with E-state index in [1.165, 1.54) is 4.90 Å². The lowest BCUT2D eigenvalue weighted by Crippen LogP contribution is -2.38. The number of benzene rings is 2. The number of hydrogen-bond acceptors (Lipinski definition) is 4. The maximum atomic E-state index is 12.7. The van der Waals surface area contributed by atoms with Crippen LogP contribution >= 0.6 is 0 Å². The van der Waals surface area contributed by atoms with E-state index in [4.69, 9.17) is 4.74 Å². The van der Waals surface area contributed by atoms with Gasteiger partial charge in [-0.25, -0.2) is 4.90 Å². The molecule has 1 saturated heterocycles. The summed E-state index contributed by atoms with van der Waals surface area (Å²) in [6, 6.07) is 14.7. The topological polar surface area (TPSA) is 58.6 Å². The number of nitrogens with one attached hydrogen (secondary N) is 1. The number of amides is 2. The highest BCUT2D eigenvalue weighted by Gasteiger charge is 2.39. The van der Waals surface area contributed by atoms with Crippen LogP contribution in [0.3, 0.4) is 0 Å². The maximum Gasteiger partial charge on any atom is 0.251 e. The molecule has 1 aliphatic heterocycles. The predicted molar refractivity (Wildman–Crippen MR) is 91.9 cm³/mol. The van der Waals surface area contributed by atoms with Crippen LogP contribution in [0.5, 0.6) is 5.75 Å². The molecule has 0 radical (unpaired) electrons. The maximum absolute atomic E-state index is 12.7. The van der Waals surface area contributed by atoms with Crippen molar-refractivity contribution in [3.8, 4) is 5.75 Å². The molecule has 124 valence electrons. The fraction of sp³-hybridized carbons (Fsp3) is 0.263. The van der Waals surface area contributed by atoms with Crippen LogP contribution < -0.4 is 15.0 Å². The molecule has 1 heterocycles. The number of anilines is 1. The smallest absolute Gasteiger partial charge is 0.251 e. The Hall–Kier alpha value is -2.66. The lowest BCUT2D eigenvalue weighted by atomic mass is 10.1. The van der Waals surface area contributed by atoms with E-state index in [1.54, 1.807) is 19.2 Å². The molecule has 1 atom stereocenters. The van der Waals surface area contributed by atoms with Crippen molar-refractivity contribution in [3.05, 3.63) is 59.7 Å². The lowest BCUT2D eigenvalue weighted by molar-refractivity contribution is -0.121. The first kappa shape index (κ1) is 16.2. The van der Waals surface area contributed by atoms with Gasteiger partial charge < -0.3 is 10.1 Å². The highest BCUT2D eigenvalue weighted by atomic mass is 16.5. The fourth-order valence-corrected chi connectivity index (χ4v) is 2.89. The first-order valence-electron chi connectivity index (χ1n) is 7.89. The van der Waals surface area contributed by atoms with Crippen molar-refractivity contribution >= 4 is 17.5 Å². The van der Waals surface area contributed by atoms with Crippen LogP contribution in [0.1, 0.15) is 17.5 Å². The molecule has 0 bridgehead atoms. The number of aryl methyl sites for hydroxylation is 1. The fourth-order valence-electron chi connectivity index (χ4n) is 2.89. The highest BCUT2D eigenvalue weighted by molar-refractivity contribution is 6.22. The van der Waals surface area contributed by atoms with Gasteiger partial charge in [-0.2, -0.15) is 0 Å². The summed E-state index contributed by atoms with van der Waals surface area (Å²) in [6.07, 6.45) is 0.178. The zero-order valence-corrected chi connectivity index (χ0v) is 13.8. The number of nitrogens with zero attached hydrogens (tertiary/aromatic N) is 1. The Balaban J connectivity index is 1.74. The van der Waals surface area contributed by atoms with Gasteiger partial charge >= 0.3 is 0 Å². The number of carbonyl (C=O) groups is 2. The first-order valence-corrected chi connectivity index (χ1v) is 7.89. The van der Waals surface area contributed by atoms with Gasteiger partial charge in [-0.1, -0.05) is 30.3 Å². The Morgan fingerprint density at radius 3 is 2.58 bits per heavy atom. The summed E-state index contributed by atoms with van der Waals surface area (Å²) in [5.41, 5.74) is 2.53. The van der Waals surface area contributed by atoms with Crippen molar-refractivity contribution < 1.29 is 14.3 Å². The zero-order valence-electron chi connectivity index (χ0n) is 13.8. The molecular formula is C19H20N2O3. The summed E-state index contributed by atoms with van der Waals surface area (Å²) >= 11 is 0. The molecule has 0 aromatic heterocycles. The van der Waals surface area contributed by atoms with Gasteiger partial charge in [-0.05, 0) is 36.2 Å². The van der Waals surface area contributed by atoms with Gasteiger partial charge in [0.1, 0.15) is 5.75 Å². The molecule has 24 heavy (non-hydrogen) atoms. The average molecular weight is 324 g/mol. The number of hydrogen-bond donors (Lipinski definition) is 1. The molecule has 2 aromatic rings. The molecule has 2 amide bonds. The molecule has 5 nitrogen and oxygen atoms in total. The Kier molecular flexibility index (Phi) is 4.62. The van der Waals surface area contributed by atoms with Crippen molar-refractivity contribution in [1.82, 2.24) is 5.32 Å². The second-order valence-corrected chi connectivity index (χ2v) is 5.84. The summed E-state index contributed by atoms with van der Waals surface area (Å²) in [6.45, 7) is 2.42. The Bertz CT molecular complexity index is 758. The number of methoxy groups -OCH3 is 1. The van der Waals surface area contributed by atoms with Crippen molar-refractivity contribution in [2.45, 2.75) is 25.9 Å². The van der Waals surface area contributed by atoms with E-state index < -0.39 is 6.04 Å². The van der Waals surface area contributed by atoms with E-state index >= 15 is 0 Å². The lowest BCUT2D eigenvalue weighted by Gasteiger charge is -2.18. The molecular weight excluding hydrogens is 304 g/mol. The molecule has 1 unspecified atom stereocenters. The summed E-state index contributed by atoms with van der Waals surface area (Å²) in [5.74, 6) is 0.317. The van der Waals surface area contributed by atoms with Gasteiger partial charge in [-0.3, -0.25) is 9.59 Å². The standard InChI is InChI=1S/C19H20N2O3/c1-13-10-15(24-2)8-9-17(13)21-18(22)11-16(19(21)23)20-12-14-6-4-3-5-7-14/h3-10,16,20H,11-12H2,1-2H3. The minimum absolute atomic E-state index is 0.178. The van der Waals surface area contributed by atoms with E-state index in [0.29, 0.717) is 18.0 Å². The van der Waals surface area contributed by atoms with E-state index in [2.05, 4.69) is 5.32 Å². The number of rotatable bonds is 5. The van der Waals surface area contributed by atoms with Gasteiger partial charge in [-0.15, -0.1) is 0 Å². The third kappa shape index (κ3) is 3.16. The molecule has 0 aliphatic carbocycles. The summed E-state index contributed by atoms with van der Waals surface area (Å²) in [4.78, 5) is 26.3. The molecule has 3 rings (SSSR count). The van der Waals surface area contributed by atoms with Crippen LogP contribution in [0.2, 0.25) is 0 Å². The average Bonchev–Trinajstić information content (AvgIpc) is 2.88. The molecule has 0 saturated carbocycles. The molecule has 1 fully saturated rings. The number of carbonyl (C=O) groups excluding carboxylic acids is 2. The van der Waals surface area contributed by atoms with Gasteiger partial charge in [0, 0.05) is 6.54 Å². The van der Waals surface area contributed by atoms with Crippen LogP contribution in [0.4, 0.5) is 5.69 Å². The van der Waals surface area contributed by atoms with Crippen molar-refractivity contribution in [1.29, 1.82) is 0 Å². The van der Waals surface area contributed by atoms with Gasteiger partial charge in [0.25, 0.3) is 5.91 Å². The normalized spacial score (nSPS) is 17.4. The second-order valence-electron chi connectivity index (χ2n) is 5.84. The molecule has 1 N–H and O–H groups in total. The SMILES string of the molecule is COc1ccc(N2C(=O)CC(NCc3ccccc3)C2=O)c(C)c1. The summed E-state index contributed by atoms with van der Waals surface area (Å²) < 4.78 is 5.17. The highest BCUT2D eigenvalue weighted by Crippen LogP contribution is 2.29. The van der Waals surface area contributed by atoms with Crippen LogP contribution in [-0.4, -0.2) is 25.0 Å². The number of ether oxygens (including phenoxy) is 1. The zero-order chi connectivity index (χ0) is 17.1. The quantitative estimate of drug-likeness (QED) is 0.858. The molecule has 0 spiro atoms. The van der Waals surface area contributed by atoms with Crippen molar-refractivity contribution in [2.75, 3.05) is 12.0 Å². The third-order valence-corrected chi connectivity index (χ3v) is 4.19. The van der Waals surface area contributed by atoms with Crippen LogP contribution in [0.25, 0.3) is 0 Å². The Morgan fingerprint density at radius 1 is 1.17 bits per heavy atom. The molecule has 1 aliphatic rings. The van der Waals surface area contributed by atoms with Gasteiger partial charge in [0.05, 0.1) is 25.3 Å². The summed E-state index contributed by atoms with van der Waals surface area (Å²) in [7, 11) is 1.59. The largest absolute Gasteiger partial charge is 0.497 e. The monoisotopic (exact) mass is 324 g/mol. The van der Waals surface area contributed by atoms with E-state index in [9.17, 15) is 9.59 Å². The van der Waals surface area contributed by atoms with Crippen molar-refractivity contribution in [2.24, 2.45) is 0 Å². The van der Waals surface area contributed by atoms with Crippen LogP contribution in [0, 0.1) is 6.92 Å². The minimum atomic E-state index is -0.487. The first-order chi connectivity index (χ1) is 11.6. The van der Waals surface area contributed by atoms with Crippen LogP contribution in [0.15, 0.2) is 48.5 Å². The van der Waals surface area contributed by atoms with Gasteiger partial charge in [0.2, 0.25) is 5.91 Å². The molecule has 5 heteroatoms. The van der Waals surface area contributed by atoms with E-state index in [-0.39, 0.29) is 18.2 Å². The summed E-state index contributed by atoms with van der Waals surface area (Å²) in [5, 5.41) is 3.18. The second kappa shape index (κ2) is 6.84. The van der Waals surface area contributed by atoms with Gasteiger partial charge in [0.15, 0.2) is 0 Å². The Morgan fingerprint density at radius 2 is 1.92 bits per heavy atom. The molecule has 2 aromatic carbocycles. The third-order valence-electron chi connectivity index (χ3n) is 4.19. The van der Waals surface area contributed by atoms with Crippen molar-refractivity contribution in [3.63, 3.8) is 0 Å². The van der Waals surface area contributed by atoms with E-state index in [0.717, 1.165) is 11.1 Å². The van der Waals surface area contributed by atoms with Crippen LogP contribution in [-0.2, 0) is 16.1 Å². The number of imide groups is 1. The minimum Gasteiger partial charge on any atom is -0.497 e.